The molecule has 2 N–H and O–H groups in total. The van der Waals surface area contributed by atoms with Gasteiger partial charge >= 0.3 is 6.18 Å². The summed E-state index contributed by atoms with van der Waals surface area (Å²) >= 11 is 0. The van der Waals surface area contributed by atoms with E-state index in [4.69, 9.17) is 5.73 Å². The van der Waals surface area contributed by atoms with Crippen molar-refractivity contribution in [3.8, 4) is 17.2 Å². The predicted octanol–water partition coefficient (Wildman–Crippen LogP) is 4.49. The third-order valence-electron chi connectivity index (χ3n) is 6.34. The standard InChI is InChI=1S/C27H17F4N5O/c1-36-14-19(10-21(25(36)37)27(29,30)31)26(20-6-3-7-22(28)23(20)24(33)35-26)18-5-2-4-16(9-18)17-8-15(11-32)12-34-13-17/h2-10,12-14H,1H3,(H2,33,35). The predicted molar refractivity (Wildman–Crippen MR) is 128 cm³/mol. The van der Waals surface area contributed by atoms with Gasteiger partial charge in [0, 0.05) is 42.3 Å². The summed E-state index contributed by atoms with van der Waals surface area (Å²) in [7, 11) is 1.21. The summed E-state index contributed by atoms with van der Waals surface area (Å²) < 4.78 is 57.3. The molecule has 3 heterocycles. The van der Waals surface area contributed by atoms with Crippen LogP contribution in [0.25, 0.3) is 11.1 Å². The van der Waals surface area contributed by atoms with E-state index in [1.165, 1.54) is 31.6 Å². The van der Waals surface area contributed by atoms with E-state index in [1.807, 2.05) is 6.07 Å². The third kappa shape index (κ3) is 3.76. The van der Waals surface area contributed by atoms with E-state index < -0.39 is 28.7 Å². The van der Waals surface area contributed by atoms with Crippen LogP contribution in [0.2, 0.25) is 0 Å². The normalized spacial score (nSPS) is 16.7. The number of amidine groups is 1. The first-order chi connectivity index (χ1) is 17.6. The van der Waals surface area contributed by atoms with Crippen molar-refractivity contribution in [2.24, 2.45) is 17.8 Å². The zero-order valence-electron chi connectivity index (χ0n) is 19.2. The van der Waals surface area contributed by atoms with Crippen LogP contribution < -0.4 is 11.3 Å². The van der Waals surface area contributed by atoms with Crippen LogP contribution in [0.4, 0.5) is 17.6 Å². The number of alkyl halides is 3. The van der Waals surface area contributed by atoms with E-state index in [0.29, 0.717) is 22.3 Å². The summed E-state index contributed by atoms with van der Waals surface area (Å²) in [6, 6.07) is 15.3. The molecule has 0 saturated heterocycles. The number of rotatable bonds is 3. The van der Waals surface area contributed by atoms with Crippen LogP contribution in [0.1, 0.15) is 33.4 Å². The number of aliphatic imine (C=N–C) groups is 1. The molecule has 0 spiro atoms. The molecule has 0 fully saturated rings. The Bertz CT molecular complexity index is 1700. The summed E-state index contributed by atoms with van der Waals surface area (Å²) in [6.45, 7) is 0. The number of hydrogen-bond donors (Lipinski definition) is 1. The van der Waals surface area contributed by atoms with Crippen molar-refractivity contribution < 1.29 is 17.6 Å². The van der Waals surface area contributed by atoms with Crippen LogP contribution in [-0.2, 0) is 18.8 Å². The fourth-order valence-electron chi connectivity index (χ4n) is 4.68. The van der Waals surface area contributed by atoms with Gasteiger partial charge in [0.2, 0.25) is 0 Å². The molecule has 10 heteroatoms. The van der Waals surface area contributed by atoms with Crippen LogP contribution in [0.5, 0.6) is 0 Å². The van der Waals surface area contributed by atoms with E-state index in [0.717, 1.165) is 10.6 Å². The number of nitrogens with two attached hydrogens (primary N) is 1. The summed E-state index contributed by atoms with van der Waals surface area (Å²) in [5.41, 5.74) is 3.92. The lowest BCUT2D eigenvalue weighted by Crippen LogP contribution is -2.32. The monoisotopic (exact) mass is 503 g/mol. The second-order valence-electron chi connectivity index (χ2n) is 8.58. The second-order valence-corrected chi connectivity index (χ2v) is 8.58. The Balaban J connectivity index is 1.86. The Labute approximate surface area is 208 Å². The Morgan fingerprint density at radius 2 is 1.78 bits per heavy atom. The maximum Gasteiger partial charge on any atom is 0.421 e. The average Bonchev–Trinajstić information content (AvgIpc) is 3.19. The molecule has 4 aromatic rings. The van der Waals surface area contributed by atoms with Gasteiger partial charge in [-0.15, -0.1) is 0 Å². The van der Waals surface area contributed by atoms with E-state index in [2.05, 4.69) is 9.98 Å². The lowest BCUT2D eigenvalue weighted by molar-refractivity contribution is -0.139. The van der Waals surface area contributed by atoms with Gasteiger partial charge in [0.25, 0.3) is 5.56 Å². The van der Waals surface area contributed by atoms with E-state index >= 15 is 0 Å². The quantitative estimate of drug-likeness (QED) is 0.417. The molecule has 1 atom stereocenters. The molecule has 5 rings (SSSR count). The van der Waals surface area contributed by atoms with Gasteiger partial charge in [0.1, 0.15) is 28.8 Å². The number of pyridine rings is 2. The number of nitrogens with zero attached hydrogens (tertiary/aromatic N) is 4. The highest BCUT2D eigenvalue weighted by Gasteiger charge is 2.46. The molecule has 1 unspecified atom stereocenters. The van der Waals surface area contributed by atoms with E-state index in [1.54, 1.807) is 42.6 Å². The number of benzene rings is 2. The summed E-state index contributed by atoms with van der Waals surface area (Å²) in [6.07, 6.45) is -0.742. The Morgan fingerprint density at radius 3 is 2.51 bits per heavy atom. The topological polar surface area (TPSA) is 97.1 Å². The van der Waals surface area contributed by atoms with Crippen molar-refractivity contribution >= 4 is 5.84 Å². The van der Waals surface area contributed by atoms with Crippen LogP contribution in [0.3, 0.4) is 0 Å². The van der Waals surface area contributed by atoms with Crippen molar-refractivity contribution in [3.05, 3.63) is 123 Å². The number of fused-ring (bicyclic) bond motifs is 1. The first-order valence-electron chi connectivity index (χ1n) is 11.0. The van der Waals surface area contributed by atoms with E-state index in [-0.39, 0.29) is 22.5 Å². The fourth-order valence-corrected chi connectivity index (χ4v) is 4.68. The van der Waals surface area contributed by atoms with Crippen LogP contribution in [-0.4, -0.2) is 15.4 Å². The number of halogens is 4. The van der Waals surface area contributed by atoms with Gasteiger partial charge in [-0.25, -0.2) is 9.38 Å². The van der Waals surface area contributed by atoms with Crippen molar-refractivity contribution in [3.63, 3.8) is 0 Å². The molecule has 1 aliphatic rings. The van der Waals surface area contributed by atoms with Crippen LogP contribution >= 0.6 is 0 Å². The summed E-state index contributed by atoms with van der Waals surface area (Å²) in [5, 5.41) is 9.25. The molecule has 0 saturated carbocycles. The second kappa shape index (κ2) is 8.41. The van der Waals surface area contributed by atoms with Crippen LogP contribution in [0, 0.1) is 17.1 Å². The molecular weight excluding hydrogens is 486 g/mol. The number of nitriles is 1. The van der Waals surface area contributed by atoms with Gasteiger partial charge < -0.3 is 10.3 Å². The minimum Gasteiger partial charge on any atom is -0.383 e. The molecule has 0 bridgehead atoms. The van der Waals surface area contributed by atoms with Gasteiger partial charge in [0.15, 0.2) is 0 Å². The Kier molecular flexibility index (Phi) is 5.44. The minimum atomic E-state index is -4.93. The van der Waals surface area contributed by atoms with Gasteiger partial charge in [-0.1, -0.05) is 30.3 Å². The highest BCUT2D eigenvalue weighted by molar-refractivity contribution is 6.03. The molecule has 2 aromatic heterocycles. The maximum atomic E-state index is 14.9. The Morgan fingerprint density at radius 1 is 1.03 bits per heavy atom. The maximum absolute atomic E-state index is 14.9. The van der Waals surface area contributed by atoms with Crippen molar-refractivity contribution in [1.29, 1.82) is 5.26 Å². The molecule has 1 aliphatic heterocycles. The zero-order valence-corrected chi connectivity index (χ0v) is 19.2. The van der Waals surface area contributed by atoms with Gasteiger partial charge in [-0.05, 0) is 35.4 Å². The van der Waals surface area contributed by atoms with Gasteiger partial charge in [-0.3, -0.25) is 9.78 Å². The fraction of sp³-hybridized carbons (Fsp3) is 0.111. The molecule has 2 aromatic carbocycles. The Hall–Kier alpha value is -4.78. The largest absolute Gasteiger partial charge is 0.421 e. The smallest absolute Gasteiger partial charge is 0.383 e. The summed E-state index contributed by atoms with van der Waals surface area (Å²) in [4.78, 5) is 21.0. The number of aryl methyl sites for hydroxylation is 1. The zero-order chi connectivity index (χ0) is 26.5. The molecule has 0 amide bonds. The van der Waals surface area contributed by atoms with Crippen molar-refractivity contribution in [2.45, 2.75) is 11.7 Å². The molecule has 0 radical (unpaired) electrons. The lowest BCUT2D eigenvalue weighted by atomic mass is 9.77. The molecule has 37 heavy (non-hydrogen) atoms. The van der Waals surface area contributed by atoms with Gasteiger partial charge in [-0.2, -0.15) is 18.4 Å². The average molecular weight is 503 g/mol. The minimum absolute atomic E-state index is 0.0183. The third-order valence-corrected chi connectivity index (χ3v) is 6.34. The van der Waals surface area contributed by atoms with E-state index in [9.17, 15) is 27.6 Å². The SMILES string of the molecule is Cn1cc(C2(c3cccc(-c4cncc(C#N)c4)c3)N=C(N)c3c(F)cccc32)cc(C(F)(F)F)c1=O. The van der Waals surface area contributed by atoms with Crippen molar-refractivity contribution in [2.75, 3.05) is 0 Å². The molecule has 6 nitrogen and oxygen atoms in total. The highest BCUT2D eigenvalue weighted by atomic mass is 19.4. The summed E-state index contributed by atoms with van der Waals surface area (Å²) in [5.74, 6) is -0.863. The number of hydrogen-bond acceptors (Lipinski definition) is 5. The van der Waals surface area contributed by atoms with Crippen LogP contribution in [0.15, 0.2) is 83.0 Å². The van der Waals surface area contributed by atoms with Crippen molar-refractivity contribution in [1.82, 2.24) is 9.55 Å². The highest BCUT2D eigenvalue weighted by Crippen LogP contribution is 2.47. The first-order valence-corrected chi connectivity index (χ1v) is 11.0. The van der Waals surface area contributed by atoms with Gasteiger partial charge in [0.05, 0.1) is 11.1 Å². The lowest BCUT2D eigenvalue weighted by Gasteiger charge is -2.30. The molecule has 184 valence electrons. The molecule has 0 aliphatic carbocycles. The number of aromatic nitrogens is 2. The molecular formula is C27H17F4N5O. The first kappa shape index (κ1) is 23.9.